The predicted octanol–water partition coefficient (Wildman–Crippen LogP) is 7.00. The Morgan fingerprint density at radius 3 is 2.23 bits per heavy atom. The zero-order valence-corrected chi connectivity index (χ0v) is 20.9. The van der Waals surface area contributed by atoms with Gasteiger partial charge in [-0.2, -0.15) is 0 Å². The summed E-state index contributed by atoms with van der Waals surface area (Å²) in [6.45, 7) is 14.4. The SMILES string of the molecule is CC1=C(C)[CH]([Hf][C]2(CC(C)C)C=Cc3cc4c(cc32)CCC4)C(C)=C1C. The molecule has 0 N–H and O–H groups in total. The van der Waals surface area contributed by atoms with Gasteiger partial charge in [-0.3, -0.25) is 0 Å². The molecular weight excluding hydrogens is 479 g/mol. The molecule has 3 aliphatic carbocycles. The fraction of sp³-hybridized carbons (Fsp3) is 0.520. The molecule has 136 valence electrons. The third kappa shape index (κ3) is 2.89. The van der Waals surface area contributed by atoms with Gasteiger partial charge in [0.25, 0.3) is 0 Å². The van der Waals surface area contributed by atoms with E-state index in [9.17, 15) is 0 Å². The molecule has 0 nitrogen and oxygen atoms in total. The Labute approximate surface area is 171 Å². The van der Waals surface area contributed by atoms with Crippen LogP contribution in [0.3, 0.4) is 0 Å². The van der Waals surface area contributed by atoms with E-state index >= 15 is 0 Å². The van der Waals surface area contributed by atoms with Gasteiger partial charge in [0.15, 0.2) is 0 Å². The molecule has 0 spiro atoms. The molecule has 1 atom stereocenters. The molecule has 0 amide bonds. The van der Waals surface area contributed by atoms with Crippen LogP contribution >= 0.6 is 0 Å². The molecule has 0 saturated heterocycles. The van der Waals surface area contributed by atoms with Crippen molar-refractivity contribution in [2.45, 2.75) is 74.1 Å². The van der Waals surface area contributed by atoms with Crippen LogP contribution in [0.5, 0.6) is 0 Å². The normalized spacial score (nSPS) is 24.9. The van der Waals surface area contributed by atoms with Crippen LogP contribution in [0.25, 0.3) is 6.08 Å². The number of allylic oxidation sites excluding steroid dienone is 5. The number of fused-ring (bicyclic) bond motifs is 2. The monoisotopic (exact) mass is 512 g/mol. The second-order valence-corrected chi connectivity index (χ2v) is 15.5. The van der Waals surface area contributed by atoms with Crippen molar-refractivity contribution in [3.05, 3.63) is 62.8 Å². The van der Waals surface area contributed by atoms with Crippen LogP contribution in [0.1, 0.15) is 76.6 Å². The molecule has 0 heterocycles. The van der Waals surface area contributed by atoms with Gasteiger partial charge in [0, 0.05) is 0 Å². The van der Waals surface area contributed by atoms with E-state index in [2.05, 4.69) is 65.8 Å². The molecule has 0 fully saturated rings. The molecule has 26 heavy (non-hydrogen) atoms. The topological polar surface area (TPSA) is 0 Å². The van der Waals surface area contributed by atoms with Crippen LogP contribution in [-0.4, -0.2) is 0 Å². The fourth-order valence-electron chi connectivity index (χ4n) is 5.32. The third-order valence-corrected chi connectivity index (χ3v) is 15.3. The van der Waals surface area contributed by atoms with E-state index in [0.29, 0.717) is 3.17 Å². The molecule has 4 rings (SSSR count). The second-order valence-electron chi connectivity index (χ2n) is 9.16. The van der Waals surface area contributed by atoms with Gasteiger partial charge in [0.2, 0.25) is 0 Å². The van der Waals surface area contributed by atoms with Gasteiger partial charge in [-0.25, -0.2) is 0 Å². The van der Waals surface area contributed by atoms with Gasteiger partial charge < -0.3 is 0 Å². The van der Waals surface area contributed by atoms with Crippen molar-refractivity contribution in [3.8, 4) is 0 Å². The summed E-state index contributed by atoms with van der Waals surface area (Å²) < 4.78 is 1.21. The van der Waals surface area contributed by atoms with Crippen LogP contribution in [0.2, 0.25) is 3.67 Å². The summed E-state index contributed by atoms with van der Waals surface area (Å²) in [5.74, 6) is 0.753. The summed E-state index contributed by atoms with van der Waals surface area (Å²) >= 11 is -1.01. The summed E-state index contributed by atoms with van der Waals surface area (Å²) in [5, 5.41) is 0. The number of rotatable bonds is 4. The Kier molecular flexibility index (Phi) is 4.83. The van der Waals surface area contributed by atoms with E-state index in [1.807, 2.05) is 0 Å². The maximum absolute atomic E-state index is 2.65. The molecule has 1 unspecified atom stereocenters. The van der Waals surface area contributed by atoms with Crippen molar-refractivity contribution in [2.24, 2.45) is 5.92 Å². The predicted molar refractivity (Wildman–Crippen MR) is 109 cm³/mol. The van der Waals surface area contributed by atoms with Gasteiger partial charge in [0.05, 0.1) is 0 Å². The first-order valence-corrected chi connectivity index (χ1v) is 14.2. The first-order valence-electron chi connectivity index (χ1n) is 10.3. The number of aryl methyl sites for hydroxylation is 2. The number of hydrogen-bond acceptors (Lipinski definition) is 0. The van der Waals surface area contributed by atoms with Crippen LogP contribution in [0.4, 0.5) is 0 Å². The summed E-state index contributed by atoms with van der Waals surface area (Å²) in [4.78, 5) is 0. The van der Waals surface area contributed by atoms with Crippen LogP contribution in [0.15, 0.2) is 40.5 Å². The number of benzene rings is 1. The molecule has 1 aromatic carbocycles. The molecular formula is C25H32Hf. The van der Waals surface area contributed by atoms with Crippen molar-refractivity contribution in [2.75, 3.05) is 0 Å². The van der Waals surface area contributed by atoms with Crippen LogP contribution < -0.4 is 0 Å². The third-order valence-electron chi connectivity index (χ3n) is 7.04. The maximum atomic E-state index is 2.65. The zero-order chi connectivity index (χ0) is 18.6. The van der Waals surface area contributed by atoms with E-state index in [0.717, 1.165) is 9.59 Å². The average molecular weight is 511 g/mol. The minimum absolute atomic E-state index is 0.402. The summed E-state index contributed by atoms with van der Waals surface area (Å²) in [6, 6.07) is 5.18. The van der Waals surface area contributed by atoms with E-state index < -0.39 is 22.9 Å². The molecule has 0 saturated carbocycles. The van der Waals surface area contributed by atoms with E-state index in [4.69, 9.17) is 0 Å². The Bertz CT molecular complexity index is 825. The van der Waals surface area contributed by atoms with Gasteiger partial charge >= 0.3 is 172 Å². The quantitative estimate of drug-likeness (QED) is 0.382. The molecule has 0 aromatic heterocycles. The zero-order valence-electron chi connectivity index (χ0n) is 17.3. The molecule has 0 radical (unpaired) electrons. The molecule has 1 aromatic rings. The second kappa shape index (κ2) is 6.73. The molecule has 0 aliphatic heterocycles. The standard InChI is InChI=1S/C16H19.C9H13.Hf/c1-11(2)8-14-6-7-15-9-12-4-3-5-13(12)10-16(14)15;1-6-5-7(2)9(4)8(6)3;/h6-7,9-11H,3-5,8H2,1-2H3;5H,1-4H3;. The van der Waals surface area contributed by atoms with Gasteiger partial charge in [-0.15, -0.1) is 0 Å². The van der Waals surface area contributed by atoms with Crippen LogP contribution in [0, 0.1) is 5.92 Å². The first-order chi connectivity index (χ1) is 12.3. The number of hydrogen-bond donors (Lipinski definition) is 0. The Balaban J connectivity index is 1.78. The Hall–Kier alpha value is -0.690. The summed E-state index contributed by atoms with van der Waals surface area (Å²) in [7, 11) is 0. The first kappa shape index (κ1) is 18.7. The van der Waals surface area contributed by atoms with Gasteiger partial charge in [-0.1, -0.05) is 0 Å². The van der Waals surface area contributed by atoms with Crippen molar-refractivity contribution < 1.29 is 22.9 Å². The van der Waals surface area contributed by atoms with Crippen molar-refractivity contribution in [1.29, 1.82) is 0 Å². The van der Waals surface area contributed by atoms with Crippen molar-refractivity contribution in [1.82, 2.24) is 0 Å². The van der Waals surface area contributed by atoms with Crippen LogP contribution in [-0.2, 0) is 38.9 Å². The molecule has 3 aliphatic rings. The van der Waals surface area contributed by atoms with Crippen molar-refractivity contribution in [3.63, 3.8) is 0 Å². The Morgan fingerprint density at radius 1 is 1.00 bits per heavy atom. The Morgan fingerprint density at radius 2 is 1.62 bits per heavy atom. The average Bonchev–Trinajstić information content (AvgIpc) is 3.24. The summed E-state index contributed by atoms with van der Waals surface area (Å²) in [6.07, 6.45) is 10.4. The molecule has 0 bridgehead atoms. The fourth-order valence-corrected chi connectivity index (χ4v) is 14.2. The van der Waals surface area contributed by atoms with E-state index in [1.54, 1.807) is 44.5 Å². The van der Waals surface area contributed by atoms with E-state index in [-0.39, 0.29) is 0 Å². The molecule has 1 heteroatoms. The van der Waals surface area contributed by atoms with Gasteiger partial charge in [0.1, 0.15) is 0 Å². The van der Waals surface area contributed by atoms with Gasteiger partial charge in [-0.05, 0) is 0 Å². The van der Waals surface area contributed by atoms with Crippen molar-refractivity contribution >= 4 is 6.08 Å². The summed E-state index contributed by atoms with van der Waals surface area (Å²) in [5.41, 5.74) is 13.1. The minimum atomic E-state index is -1.01. The van der Waals surface area contributed by atoms with E-state index in [1.165, 1.54) is 25.7 Å².